The van der Waals surface area contributed by atoms with Gasteiger partial charge in [0, 0.05) is 0 Å². The van der Waals surface area contributed by atoms with E-state index in [0.717, 1.165) is 0 Å². The topological polar surface area (TPSA) is 35.0 Å². The molecule has 0 saturated carbocycles. The summed E-state index contributed by atoms with van der Waals surface area (Å²) in [5.74, 6) is 0. The molecule has 3 N–H and O–H groups in total. The molecule has 0 aliphatic rings. The Balaban J connectivity index is 0. The summed E-state index contributed by atoms with van der Waals surface area (Å²) in [6.45, 7) is 0. The van der Waals surface area contributed by atoms with Gasteiger partial charge in [-0.05, 0) is 11.0 Å². The van der Waals surface area contributed by atoms with Gasteiger partial charge in [0.25, 0.3) is 0 Å². The largest absolute Gasteiger partial charge is 0.0149 e. The Morgan fingerprint density at radius 3 is 1.00 bits per heavy atom. The summed E-state index contributed by atoms with van der Waals surface area (Å²) in [7, 11) is 0. The minimum atomic E-state index is 0. The summed E-state index contributed by atoms with van der Waals surface area (Å²) in [5.41, 5.74) is 0. The van der Waals surface area contributed by atoms with Crippen molar-refractivity contribution in [3.05, 3.63) is 0 Å². The Labute approximate surface area is 71.3 Å². The maximum absolute atomic E-state index is 0. The summed E-state index contributed by atoms with van der Waals surface area (Å²) >= 11 is 0. The predicted octanol–water partition coefficient (Wildman–Crippen LogP) is -3.39. The molecule has 4 heavy (non-hydrogen) atoms. The molecule has 4 heteroatoms. The fourth-order valence-electron chi connectivity index (χ4n) is 0. The number of hydrogen-bond donors (Lipinski definition) is 1. The van der Waals surface area contributed by atoms with Crippen molar-refractivity contribution in [3.63, 3.8) is 0 Å². The molecule has 0 aliphatic heterocycles. The second-order valence-corrected chi connectivity index (χ2v) is 0. The molecule has 0 saturated heterocycles. The van der Waals surface area contributed by atoms with Gasteiger partial charge in [0.2, 0.25) is 0 Å². The van der Waals surface area contributed by atoms with Gasteiger partial charge in [0.05, 0.1) is 0 Å². The third kappa shape index (κ3) is 9.02. The van der Waals surface area contributed by atoms with Crippen molar-refractivity contribution in [2.24, 2.45) is 0 Å². The molecule has 0 heterocycles. The molecule has 26 valence electrons. The monoisotopic (exact) mass is 121 g/mol. The van der Waals surface area contributed by atoms with E-state index in [-0.39, 0.29) is 72.2 Å². The van der Waals surface area contributed by atoms with Crippen LogP contribution in [-0.2, 0) is 0 Å². The summed E-state index contributed by atoms with van der Waals surface area (Å²) in [6.07, 6.45) is 0. The van der Waals surface area contributed by atoms with Crippen LogP contribution in [0, 0.1) is 0 Å². The molecule has 0 spiro atoms. The van der Waals surface area contributed by atoms with Crippen molar-refractivity contribution in [1.82, 2.24) is 6.15 Å². The Morgan fingerprint density at radius 1 is 1.00 bits per heavy atom. The molecule has 1 nitrogen and oxygen atoms in total. The van der Waals surface area contributed by atoms with E-state index in [4.69, 9.17) is 0 Å². The van der Waals surface area contributed by atoms with E-state index in [9.17, 15) is 0 Å². The first kappa shape index (κ1) is 38.0. The van der Waals surface area contributed by atoms with Gasteiger partial charge in [-0.3, -0.25) is 0 Å². The summed E-state index contributed by atoms with van der Waals surface area (Å²) in [6, 6.07) is 0. The molecule has 0 rings (SSSR count). The van der Waals surface area contributed by atoms with Crippen LogP contribution in [0.25, 0.3) is 0 Å². The van der Waals surface area contributed by atoms with E-state index in [1.165, 1.54) is 0 Å². The fourth-order valence-corrected chi connectivity index (χ4v) is 0. The molecule has 0 aromatic carbocycles. The summed E-state index contributed by atoms with van der Waals surface area (Å²) in [4.78, 5) is 0. The molecular formula is H12AlCaNSi. The zero-order valence-corrected chi connectivity index (χ0v) is 0.707. The van der Waals surface area contributed by atoms with E-state index in [1.807, 2.05) is 0 Å². The van der Waals surface area contributed by atoms with Crippen LogP contribution in [0.5, 0.6) is 0 Å². The van der Waals surface area contributed by atoms with Crippen LogP contribution in [0.4, 0.5) is 0 Å². The molecule has 0 bridgehead atoms. The maximum Gasteiger partial charge on any atom is -0.0149 e. The fraction of sp³-hybridized carbons (Fsp3) is 0. The van der Waals surface area contributed by atoms with Gasteiger partial charge in [0.15, 0.2) is 17.4 Å². The van der Waals surface area contributed by atoms with Crippen molar-refractivity contribution < 1.29 is 0 Å². The molecule has 0 aromatic heterocycles. The van der Waals surface area contributed by atoms with Gasteiger partial charge in [-0.1, -0.05) is 0 Å². The summed E-state index contributed by atoms with van der Waals surface area (Å²) < 4.78 is 0. The smallest absolute Gasteiger partial charge is 0.0149 e. The van der Waals surface area contributed by atoms with E-state index < -0.39 is 0 Å². The molecule has 0 amide bonds. The molecular weight excluding hydrogens is 109 g/mol. The van der Waals surface area contributed by atoms with E-state index in [1.54, 1.807) is 0 Å². The van der Waals surface area contributed by atoms with E-state index >= 15 is 0 Å². The van der Waals surface area contributed by atoms with Crippen LogP contribution in [0.15, 0.2) is 0 Å². The predicted molar refractivity (Wildman–Crippen MR) is 34.8 cm³/mol. The third-order valence-electron chi connectivity index (χ3n) is 0. The van der Waals surface area contributed by atoms with Gasteiger partial charge in [0.1, 0.15) is 0 Å². The van der Waals surface area contributed by atoms with E-state index in [0.29, 0.717) is 0 Å². The SMILES string of the molecule is N.[AlH3].[CaH2].[SiH4]. The molecule has 0 radical (unpaired) electrons. The second kappa shape index (κ2) is 20.2. The standard InChI is InChI=1S/Al.Ca.H3N.H4Si.5H/h;;1H3;1H4;;;;;. The van der Waals surface area contributed by atoms with Crippen molar-refractivity contribution in [3.8, 4) is 0 Å². The molecule has 0 atom stereocenters. The number of hydrogen-bond acceptors (Lipinski definition) is 1. The minimum absolute atomic E-state index is 0. The average molecular weight is 121 g/mol. The van der Waals surface area contributed by atoms with Crippen LogP contribution >= 0.6 is 0 Å². The average Bonchev–Trinajstić information content (AvgIpc) is 0. The Morgan fingerprint density at radius 2 is 1.00 bits per heavy atom. The van der Waals surface area contributed by atoms with E-state index in [2.05, 4.69) is 0 Å². The van der Waals surface area contributed by atoms with Crippen molar-refractivity contribution in [2.45, 2.75) is 0 Å². The first-order valence-electron chi connectivity index (χ1n) is 0. The number of rotatable bonds is 0. The normalized spacial score (nSPS) is 0. The van der Waals surface area contributed by atoms with Crippen molar-refractivity contribution in [2.75, 3.05) is 0 Å². The zero-order chi connectivity index (χ0) is 0. The van der Waals surface area contributed by atoms with Crippen LogP contribution in [0.1, 0.15) is 0 Å². The third-order valence-corrected chi connectivity index (χ3v) is 0. The first-order valence-corrected chi connectivity index (χ1v) is 0. The van der Waals surface area contributed by atoms with Crippen LogP contribution in [0.3, 0.4) is 0 Å². The Kier molecular flexibility index (Phi) is 192. The van der Waals surface area contributed by atoms with Crippen LogP contribution in [0.2, 0.25) is 0 Å². The summed E-state index contributed by atoms with van der Waals surface area (Å²) in [5, 5.41) is 0. The quantitative estimate of drug-likeness (QED) is 0.333. The van der Waals surface area contributed by atoms with Crippen molar-refractivity contribution in [1.29, 1.82) is 0 Å². The van der Waals surface area contributed by atoms with Gasteiger partial charge in [-0.15, -0.1) is 0 Å². The molecule has 0 unspecified atom stereocenters. The molecule has 0 fully saturated rings. The minimum Gasteiger partial charge on any atom is -0.0149 e. The van der Waals surface area contributed by atoms with Crippen LogP contribution in [-0.4, -0.2) is 66.1 Å². The Bertz CT molecular complexity index is 8.00. The second-order valence-electron chi connectivity index (χ2n) is 0. The van der Waals surface area contributed by atoms with Gasteiger partial charge in [-0.25, -0.2) is 0 Å². The Hall–Kier alpha value is 1.97. The molecule has 0 aromatic rings. The molecule has 0 aliphatic carbocycles. The maximum atomic E-state index is 0. The first-order chi connectivity index (χ1) is 0. The van der Waals surface area contributed by atoms with Gasteiger partial charge in [-0.2, -0.15) is 0 Å². The van der Waals surface area contributed by atoms with Gasteiger partial charge >= 0.3 is 37.7 Å². The van der Waals surface area contributed by atoms with Crippen molar-refractivity contribution >= 4 is 66.1 Å². The van der Waals surface area contributed by atoms with Gasteiger partial charge < -0.3 is 6.15 Å². The zero-order valence-electron chi connectivity index (χ0n) is 0.707. The van der Waals surface area contributed by atoms with Crippen LogP contribution < -0.4 is 6.15 Å².